The molecule has 7 heteroatoms. The minimum Gasteiger partial charge on any atom is -0.378 e. The van der Waals surface area contributed by atoms with Gasteiger partial charge in [0.15, 0.2) is 5.96 Å². The minimum absolute atomic E-state index is 0. The molecule has 1 fully saturated rings. The third-order valence-electron chi connectivity index (χ3n) is 2.99. The van der Waals surface area contributed by atoms with Gasteiger partial charge in [-0.05, 0) is 12.1 Å². The van der Waals surface area contributed by atoms with Gasteiger partial charge in [0.25, 0.3) is 0 Å². The third kappa shape index (κ3) is 4.78. The summed E-state index contributed by atoms with van der Waals surface area (Å²) in [7, 11) is 3.74. The molecule has 2 N–H and O–H groups in total. The van der Waals surface area contributed by atoms with Crippen LogP contribution in [-0.4, -0.2) is 56.2 Å². The largest absolute Gasteiger partial charge is 0.378 e. The minimum atomic E-state index is 0. The highest BCUT2D eigenvalue weighted by Crippen LogP contribution is 2.13. The molecule has 1 aliphatic heterocycles. The number of guanidine groups is 1. The number of halogens is 1. The molecular formula is C13H22IN5O. The van der Waals surface area contributed by atoms with Gasteiger partial charge in [0.1, 0.15) is 5.82 Å². The first-order valence-corrected chi connectivity index (χ1v) is 6.42. The predicted molar refractivity (Wildman–Crippen MR) is 91.7 cm³/mol. The van der Waals surface area contributed by atoms with Crippen molar-refractivity contribution in [1.29, 1.82) is 0 Å². The summed E-state index contributed by atoms with van der Waals surface area (Å²) in [5.41, 5.74) is 6.69. The Balaban J connectivity index is 0.00000200. The maximum Gasteiger partial charge on any atom is 0.191 e. The summed E-state index contributed by atoms with van der Waals surface area (Å²) in [6.45, 7) is 3.80. The van der Waals surface area contributed by atoms with Crippen LogP contribution < -0.4 is 10.6 Å². The van der Waals surface area contributed by atoms with Gasteiger partial charge in [-0.25, -0.2) is 9.98 Å². The van der Waals surface area contributed by atoms with Crippen molar-refractivity contribution in [2.45, 2.75) is 6.54 Å². The van der Waals surface area contributed by atoms with E-state index >= 15 is 0 Å². The van der Waals surface area contributed by atoms with Crippen molar-refractivity contribution >= 4 is 35.8 Å². The zero-order chi connectivity index (χ0) is 13.7. The van der Waals surface area contributed by atoms with Gasteiger partial charge < -0.3 is 20.3 Å². The van der Waals surface area contributed by atoms with Crippen LogP contribution in [0.5, 0.6) is 0 Å². The van der Waals surface area contributed by atoms with E-state index < -0.39 is 0 Å². The number of morpholine rings is 1. The number of aromatic nitrogens is 1. The van der Waals surface area contributed by atoms with Crippen molar-refractivity contribution in [1.82, 2.24) is 9.88 Å². The van der Waals surface area contributed by atoms with E-state index in [0.29, 0.717) is 12.5 Å². The van der Waals surface area contributed by atoms with Crippen molar-refractivity contribution < 1.29 is 4.74 Å². The molecule has 6 nitrogen and oxygen atoms in total. The smallest absolute Gasteiger partial charge is 0.191 e. The van der Waals surface area contributed by atoms with Gasteiger partial charge in [0.2, 0.25) is 0 Å². The summed E-state index contributed by atoms with van der Waals surface area (Å²) < 4.78 is 5.34. The maximum absolute atomic E-state index is 5.77. The Kier molecular flexibility index (Phi) is 7.00. The van der Waals surface area contributed by atoms with Crippen molar-refractivity contribution in [3.8, 4) is 0 Å². The van der Waals surface area contributed by atoms with E-state index in [2.05, 4.69) is 14.9 Å². The number of rotatable bonds is 3. The Hall–Kier alpha value is -1.09. The molecule has 0 radical (unpaired) electrons. The molecule has 0 atom stereocenters. The van der Waals surface area contributed by atoms with Crippen molar-refractivity contribution in [2.75, 3.05) is 45.3 Å². The van der Waals surface area contributed by atoms with E-state index in [9.17, 15) is 0 Å². The average Bonchev–Trinajstić information content (AvgIpc) is 2.46. The van der Waals surface area contributed by atoms with Crippen LogP contribution in [-0.2, 0) is 11.3 Å². The lowest BCUT2D eigenvalue weighted by atomic mass is 10.3. The molecule has 0 aliphatic carbocycles. The topological polar surface area (TPSA) is 67.0 Å². The van der Waals surface area contributed by atoms with Gasteiger partial charge in [-0.2, -0.15) is 0 Å². The molecule has 112 valence electrons. The fraction of sp³-hybridized carbons (Fsp3) is 0.538. The van der Waals surface area contributed by atoms with Crippen LogP contribution in [0.25, 0.3) is 0 Å². The number of nitrogens with zero attached hydrogens (tertiary/aromatic N) is 4. The van der Waals surface area contributed by atoms with Crippen molar-refractivity contribution in [3.05, 3.63) is 23.9 Å². The standard InChI is InChI=1S/C13H21N5O.HI/c1-17(2)13(14)15-10-11-4-3-5-12(16-11)18-6-8-19-9-7-18;/h3-5H,6-10H2,1-2H3,(H2,14,15);1H. The lowest BCUT2D eigenvalue weighted by molar-refractivity contribution is 0.122. The molecule has 0 amide bonds. The van der Waals surface area contributed by atoms with Gasteiger partial charge in [-0.1, -0.05) is 6.07 Å². The van der Waals surface area contributed by atoms with E-state index in [1.807, 2.05) is 32.3 Å². The van der Waals surface area contributed by atoms with Crippen LogP contribution in [0, 0.1) is 0 Å². The lowest BCUT2D eigenvalue weighted by Crippen LogP contribution is -2.36. The molecule has 0 spiro atoms. The Labute approximate surface area is 137 Å². The maximum atomic E-state index is 5.77. The average molecular weight is 391 g/mol. The highest BCUT2D eigenvalue weighted by Gasteiger charge is 2.12. The van der Waals surface area contributed by atoms with Crippen LogP contribution in [0.1, 0.15) is 5.69 Å². The van der Waals surface area contributed by atoms with Crippen LogP contribution >= 0.6 is 24.0 Å². The highest BCUT2D eigenvalue weighted by molar-refractivity contribution is 14.0. The number of hydrogen-bond acceptors (Lipinski definition) is 4. The molecule has 0 bridgehead atoms. The fourth-order valence-electron chi connectivity index (χ4n) is 1.83. The zero-order valence-electron chi connectivity index (χ0n) is 12.0. The zero-order valence-corrected chi connectivity index (χ0v) is 14.3. The molecule has 2 heterocycles. The summed E-state index contributed by atoms with van der Waals surface area (Å²) in [4.78, 5) is 12.9. The molecule has 1 aromatic rings. The number of anilines is 1. The molecule has 0 aromatic carbocycles. The molecule has 0 unspecified atom stereocenters. The Morgan fingerprint density at radius 2 is 2.10 bits per heavy atom. The number of ether oxygens (including phenoxy) is 1. The Morgan fingerprint density at radius 1 is 1.40 bits per heavy atom. The second-order valence-corrected chi connectivity index (χ2v) is 4.66. The van der Waals surface area contributed by atoms with Crippen LogP contribution in [0.4, 0.5) is 5.82 Å². The summed E-state index contributed by atoms with van der Waals surface area (Å²) in [6, 6.07) is 6.00. The molecule has 0 saturated carbocycles. The summed E-state index contributed by atoms with van der Waals surface area (Å²) in [5, 5.41) is 0. The number of nitrogens with two attached hydrogens (primary N) is 1. The highest BCUT2D eigenvalue weighted by atomic mass is 127. The number of aliphatic imine (C=N–C) groups is 1. The summed E-state index contributed by atoms with van der Waals surface area (Å²) >= 11 is 0. The van der Waals surface area contributed by atoms with E-state index in [4.69, 9.17) is 10.5 Å². The first kappa shape index (κ1) is 17.0. The molecule has 20 heavy (non-hydrogen) atoms. The summed E-state index contributed by atoms with van der Waals surface area (Å²) in [5.74, 6) is 1.50. The quantitative estimate of drug-likeness (QED) is 0.472. The van der Waals surface area contributed by atoms with Gasteiger partial charge in [-0.3, -0.25) is 0 Å². The second-order valence-electron chi connectivity index (χ2n) is 4.66. The fourth-order valence-corrected chi connectivity index (χ4v) is 1.83. The van der Waals surface area contributed by atoms with E-state index in [1.165, 1.54) is 0 Å². The van der Waals surface area contributed by atoms with Crippen LogP contribution in [0.15, 0.2) is 23.2 Å². The molecule has 1 aliphatic rings. The normalized spacial score (nSPS) is 15.7. The molecule has 1 saturated heterocycles. The monoisotopic (exact) mass is 391 g/mol. The van der Waals surface area contributed by atoms with Crippen molar-refractivity contribution in [2.24, 2.45) is 10.7 Å². The van der Waals surface area contributed by atoms with Crippen LogP contribution in [0.2, 0.25) is 0 Å². The first-order chi connectivity index (χ1) is 9.16. The Morgan fingerprint density at radius 3 is 2.75 bits per heavy atom. The number of pyridine rings is 1. The van der Waals surface area contributed by atoms with E-state index in [0.717, 1.165) is 37.8 Å². The van der Waals surface area contributed by atoms with E-state index in [-0.39, 0.29) is 24.0 Å². The van der Waals surface area contributed by atoms with Gasteiger partial charge in [0, 0.05) is 27.2 Å². The summed E-state index contributed by atoms with van der Waals surface area (Å²) in [6.07, 6.45) is 0. The van der Waals surface area contributed by atoms with Gasteiger partial charge in [0.05, 0.1) is 25.5 Å². The van der Waals surface area contributed by atoms with Crippen molar-refractivity contribution in [3.63, 3.8) is 0 Å². The molecule has 1 aromatic heterocycles. The first-order valence-electron chi connectivity index (χ1n) is 6.42. The van der Waals surface area contributed by atoms with Gasteiger partial charge in [-0.15, -0.1) is 24.0 Å². The Bertz CT molecular complexity index is 446. The third-order valence-corrected chi connectivity index (χ3v) is 2.99. The predicted octanol–water partition coefficient (Wildman–Crippen LogP) is 0.912. The van der Waals surface area contributed by atoms with Gasteiger partial charge >= 0.3 is 0 Å². The van der Waals surface area contributed by atoms with E-state index in [1.54, 1.807) is 4.90 Å². The molecule has 2 rings (SSSR count). The number of hydrogen-bond donors (Lipinski definition) is 1. The molecular weight excluding hydrogens is 369 g/mol. The lowest BCUT2D eigenvalue weighted by Gasteiger charge is -2.27. The van der Waals surface area contributed by atoms with Crippen LogP contribution in [0.3, 0.4) is 0 Å². The SMILES string of the molecule is CN(C)C(N)=NCc1cccc(N2CCOCC2)n1.I. The second kappa shape index (κ2) is 8.25.